The van der Waals surface area contributed by atoms with E-state index in [2.05, 4.69) is 5.32 Å². The molecule has 0 heterocycles. The van der Waals surface area contributed by atoms with E-state index < -0.39 is 6.04 Å². The van der Waals surface area contributed by atoms with Gasteiger partial charge in [0.1, 0.15) is 5.75 Å². The van der Waals surface area contributed by atoms with E-state index in [-0.39, 0.29) is 18.3 Å². The Kier molecular flexibility index (Phi) is 8.03. The molecule has 2 rings (SSSR count). The molecule has 2 aromatic rings. The lowest BCUT2D eigenvalue weighted by atomic mass is 10.1. The molecule has 136 valence electrons. The Labute approximate surface area is 159 Å². The number of halogens is 2. The molecule has 0 saturated carbocycles. The van der Waals surface area contributed by atoms with Crippen molar-refractivity contribution in [1.29, 1.82) is 0 Å². The Bertz CT molecular complexity index is 706. The van der Waals surface area contributed by atoms with Crippen LogP contribution in [0.4, 0.5) is 11.4 Å². The standard InChI is InChI=1S/C18H22ClN3O2.ClH/c1-22(2)17-9-6-13(19)11-16(17)21-18(23)15(20)10-12-4-7-14(24-3)8-5-12;/h4-9,11,15H,10,20H2,1-3H3,(H,21,23);1H/t15-;/m0./s1. The first-order chi connectivity index (χ1) is 11.4. The first-order valence-electron chi connectivity index (χ1n) is 7.57. The highest BCUT2D eigenvalue weighted by Gasteiger charge is 2.16. The van der Waals surface area contributed by atoms with Gasteiger partial charge in [-0.1, -0.05) is 23.7 Å². The summed E-state index contributed by atoms with van der Waals surface area (Å²) in [5, 5.41) is 3.42. The molecule has 1 amide bonds. The third kappa shape index (κ3) is 5.81. The van der Waals surface area contributed by atoms with Gasteiger partial charge in [0.15, 0.2) is 0 Å². The average molecular weight is 384 g/mol. The van der Waals surface area contributed by atoms with Crippen LogP contribution in [0.3, 0.4) is 0 Å². The number of amides is 1. The quantitative estimate of drug-likeness (QED) is 0.802. The van der Waals surface area contributed by atoms with Crippen LogP contribution >= 0.6 is 24.0 Å². The van der Waals surface area contributed by atoms with E-state index in [0.717, 1.165) is 17.0 Å². The van der Waals surface area contributed by atoms with E-state index in [1.165, 1.54) is 0 Å². The summed E-state index contributed by atoms with van der Waals surface area (Å²) in [6.07, 6.45) is 0.438. The van der Waals surface area contributed by atoms with Crippen LogP contribution in [0.1, 0.15) is 5.56 Å². The number of carbonyl (C=O) groups is 1. The molecule has 2 aromatic carbocycles. The Morgan fingerprint density at radius 2 is 1.88 bits per heavy atom. The number of benzene rings is 2. The third-order valence-corrected chi connectivity index (χ3v) is 3.88. The van der Waals surface area contributed by atoms with Gasteiger partial charge in [0.05, 0.1) is 24.5 Å². The van der Waals surface area contributed by atoms with Crippen molar-refractivity contribution in [1.82, 2.24) is 0 Å². The smallest absolute Gasteiger partial charge is 0.241 e. The number of ether oxygens (including phenoxy) is 1. The number of carbonyl (C=O) groups excluding carboxylic acids is 1. The number of nitrogens with one attached hydrogen (secondary N) is 1. The molecular formula is C18H23Cl2N3O2. The molecule has 0 aromatic heterocycles. The van der Waals surface area contributed by atoms with Crippen LogP contribution in [0, 0.1) is 0 Å². The number of hydrogen-bond acceptors (Lipinski definition) is 4. The molecule has 3 N–H and O–H groups in total. The molecule has 0 spiro atoms. The molecule has 0 saturated heterocycles. The number of nitrogens with zero attached hydrogens (tertiary/aromatic N) is 1. The van der Waals surface area contributed by atoms with Crippen molar-refractivity contribution in [3.8, 4) is 5.75 Å². The van der Waals surface area contributed by atoms with Gasteiger partial charge in [-0.05, 0) is 42.3 Å². The van der Waals surface area contributed by atoms with Crippen molar-refractivity contribution in [3.63, 3.8) is 0 Å². The summed E-state index contributed by atoms with van der Waals surface area (Å²) in [6, 6.07) is 12.2. The average Bonchev–Trinajstić information content (AvgIpc) is 2.55. The van der Waals surface area contributed by atoms with Crippen LogP contribution in [0.15, 0.2) is 42.5 Å². The second-order valence-corrected chi connectivity index (χ2v) is 6.14. The summed E-state index contributed by atoms with van der Waals surface area (Å²) in [4.78, 5) is 14.3. The van der Waals surface area contributed by atoms with E-state index in [1.807, 2.05) is 49.3 Å². The predicted molar refractivity (Wildman–Crippen MR) is 106 cm³/mol. The fourth-order valence-electron chi connectivity index (χ4n) is 2.33. The Hall–Kier alpha value is -1.95. The summed E-state index contributed by atoms with van der Waals surface area (Å²) in [5.74, 6) is 0.516. The highest BCUT2D eigenvalue weighted by molar-refractivity contribution is 6.31. The van der Waals surface area contributed by atoms with E-state index in [4.69, 9.17) is 22.1 Å². The van der Waals surface area contributed by atoms with E-state index >= 15 is 0 Å². The molecule has 0 aliphatic heterocycles. The maximum atomic E-state index is 12.4. The Morgan fingerprint density at radius 3 is 2.44 bits per heavy atom. The summed E-state index contributed by atoms with van der Waals surface area (Å²) in [7, 11) is 5.41. The van der Waals surface area contributed by atoms with Crippen LogP contribution in [-0.2, 0) is 11.2 Å². The maximum absolute atomic E-state index is 12.4. The fourth-order valence-corrected chi connectivity index (χ4v) is 2.50. The lowest BCUT2D eigenvalue weighted by Crippen LogP contribution is -2.37. The molecule has 0 aliphatic carbocycles. The topological polar surface area (TPSA) is 67.6 Å². The number of hydrogen-bond donors (Lipinski definition) is 2. The minimum Gasteiger partial charge on any atom is -0.497 e. The van der Waals surface area contributed by atoms with Crippen molar-refractivity contribution >= 4 is 41.3 Å². The van der Waals surface area contributed by atoms with Gasteiger partial charge in [-0.2, -0.15) is 0 Å². The molecule has 7 heteroatoms. The molecule has 0 fully saturated rings. The monoisotopic (exact) mass is 383 g/mol. The van der Waals surface area contributed by atoms with Crippen LogP contribution in [-0.4, -0.2) is 33.2 Å². The first kappa shape index (κ1) is 21.1. The van der Waals surface area contributed by atoms with Gasteiger partial charge in [0, 0.05) is 19.1 Å². The number of anilines is 2. The lowest BCUT2D eigenvalue weighted by Gasteiger charge is -2.20. The fraction of sp³-hybridized carbons (Fsp3) is 0.278. The van der Waals surface area contributed by atoms with Crippen LogP contribution < -0.4 is 20.7 Å². The molecule has 5 nitrogen and oxygen atoms in total. The largest absolute Gasteiger partial charge is 0.497 e. The van der Waals surface area contributed by atoms with Crippen LogP contribution in [0.5, 0.6) is 5.75 Å². The second-order valence-electron chi connectivity index (χ2n) is 5.70. The van der Waals surface area contributed by atoms with Crippen LogP contribution in [0.25, 0.3) is 0 Å². The van der Waals surface area contributed by atoms with E-state index in [0.29, 0.717) is 17.1 Å². The molecule has 1 atom stereocenters. The number of rotatable bonds is 6. The zero-order valence-corrected chi connectivity index (χ0v) is 16.0. The molecule has 0 aliphatic rings. The molecule has 0 bridgehead atoms. The van der Waals surface area contributed by atoms with Gasteiger partial charge in [0.25, 0.3) is 0 Å². The van der Waals surface area contributed by atoms with Crippen molar-refractivity contribution in [2.24, 2.45) is 5.73 Å². The Balaban J connectivity index is 0.00000312. The molecule has 0 unspecified atom stereocenters. The zero-order chi connectivity index (χ0) is 17.7. The SMILES string of the molecule is COc1ccc(C[C@H](N)C(=O)Nc2cc(Cl)ccc2N(C)C)cc1.Cl. The van der Waals surface area contributed by atoms with Crippen molar-refractivity contribution in [2.75, 3.05) is 31.4 Å². The highest BCUT2D eigenvalue weighted by atomic mass is 35.5. The summed E-state index contributed by atoms with van der Waals surface area (Å²) in [5.41, 5.74) is 8.52. The van der Waals surface area contributed by atoms with Gasteiger partial charge >= 0.3 is 0 Å². The maximum Gasteiger partial charge on any atom is 0.241 e. The number of nitrogens with two attached hydrogens (primary N) is 1. The van der Waals surface area contributed by atoms with Gasteiger partial charge in [0.2, 0.25) is 5.91 Å². The predicted octanol–water partition coefficient (Wildman–Crippen LogP) is 3.34. The van der Waals surface area contributed by atoms with Crippen molar-refractivity contribution in [2.45, 2.75) is 12.5 Å². The van der Waals surface area contributed by atoms with E-state index in [1.54, 1.807) is 19.2 Å². The zero-order valence-electron chi connectivity index (χ0n) is 14.5. The third-order valence-electron chi connectivity index (χ3n) is 3.65. The molecule has 0 radical (unpaired) electrons. The van der Waals surface area contributed by atoms with Gasteiger partial charge < -0.3 is 20.7 Å². The normalized spacial score (nSPS) is 11.2. The van der Waals surface area contributed by atoms with Gasteiger partial charge in [-0.3, -0.25) is 4.79 Å². The highest BCUT2D eigenvalue weighted by Crippen LogP contribution is 2.28. The lowest BCUT2D eigenvalue weighted by molar-refractivity contribution is -0.117. The summed E-state index contributed by atoms with van der Waals surface area (Å²) >= 11 is 6.03. The van der Waals surface area contributed by atoms with Crippen molar-refractivity contribution < 1.29 is 9.53 Å². The minimum atomic E-state index is -0.660. The molecular weight excluding hydrogens is 361 g/mol. The second kappa shape index (κ2) is 9.51. The van der Waals surface area contributed by atoms with Gasteiger partial charge in [-0.15, -0.1) is 12.4 Å². The summed E-state index contributed by atoms with van der Waals surface area (Å²) < 4.78 is 5.12. The first-order valence-corrected chi connectivity index (χ1v) is 7.94. The summed E-state index contributed by atoms with van der Waals surface area (Å²) in [6.45, 7) is 0. The van der Waals surface area contributed by atoms with E-state index in [9.17, 15) is 4.79 Å². The van der Waals surface area contributed by atoms with Crippen LogP contribution in [0.2, 0.25) is 5.02 Å². The molecule has 25 heavy (non-hydrogen) atoms. The number of methoxy groups -OCH3 is 1. The van der Waals surface area contributed by atoms with Gasteiger partial charge in [-0.25, -0.2) is 0 Å². The Morgan fingerprint density at radius 1 is 1.24 bits per heavy atom. The van der Waals surface area contributed by atoms with Crippen molar-refractivity contribution in [3.05, 3.63) is 53.1 Å². The minimum absolute atomic E-state index is 0.